The van der Waals surface area contributed by atoms with Crippen molar-refractivity contribution in [3.05, 3.63) is 24.0 Å². The molecule has 1 amide bonds. The van der Waals surface area contributed by atoms with Gasteiger partial charge in [-0.2, -0.15) is 0 Å². The lowest BCUT2D eigenvalue weighted by Gasteiger charge is -2.32. The standard InChI is InChI=1S/C11H12FNO2/c1-7(2)13-9-5-3-4-8(12)11(9)15-6-10(13)14/h3-5,7H,6H2,1-2H3. The topological polar surface area (TPSA) is 29.5 Å². The van der Waals surface area contributed by atoms with Crippen LogP contribution in [0.15, 0.2) is 18.2 Å². The van der Waals surface area contributed by atoms with Crippen LogP contribution in [-0.2, 0) is 4.79 Å². The molecule has 0 saturated carbocycles. The molecule has 0 fully saturated rings. The van der Waals surface area contributed by atoms with E-state index in [-0.39, 0.29) is 24.3 Å². The third kappa shape index (κ3) is 1.56. The van der Waals surface area contributed by atoms with Crippen molar-refractivity contribution >= 4 is 11.6 Å². The Morgan fingerprint density at radius 3 is 2.87 bits per heavy atom. The number of carbonyl (C=O) groups excluding carboxylic acids is 1. The number of hydrogen-bond donors (Lipinski definition) is 0. The number of benzene rings is 1. The molecular formula is C11H12FNO2. The van der Waals surface area contributed by atoms with E-state index < -0.39 is 5.82 Å². The SMILES string of the molecule is CC(C)N1C(=O)COc2c(F)cccc21. The van der Waals surface area contributed by atoms with E-state index in [0.29, 0.717) is 5.69 Å². The molecule has 0 aliphatic carbocycles. The van der Waals surface area contributed by atoms with Gasteiger partial charge in [-0.05, 0) is 26.0 Å². The molecule has 1 aromatic rings. The fourth-order valence-corrected chi connectivity index (χ4v) is 1.73. The molecule has 0 N–H and O–H groups in total. The van der Waals surface area contributed by atoms with E-state index in [0.717, 1.165) is 0 Å². The van der Waals surface area contributed by atoms with Gasteiger partial charge in [-0.25, -0.2) is 4.39 Å². The van der Waals surface area contributed by atoms with Crippen molar-refractivity contribution in [1.82, 2.24) is 0 Å². The van der Waals surface area contributed by atoms with E-state index in [9.17, 15) is 9.18 Å². The van der Waals surface area contributed by atoms with Gasteiger partial charge in [-0.3, -0.25) is 4.79 Å². The molecule has 0 unspecified atom stereocenters. The highest BCUT2D eigenvalue weighted by Crippen LogP contribution is 2.35. The maximum absolute atomic E-state index is 13.4. The fraction of sp³-hybridized carbons (Fsp3) is 0.364. The molecule has 15 heavy (non-hydrogen) atoms. The number of halogens is 1. The molecule has 0 aromatic heterocycles. The summed E-state index contributed by atoms with van der Waals surface area (Å²) < 4.78 is 18.5. The predicted octanol–water partition coefficient (Wildman–Crippen LogP) is 1.96. The molecule has 0 atom stereocenters. The Hall–Kier alpha value is -1.58. The van der Waals surface area contributed by atoms with Gasteiger partial charge in [0.05, 0.1) is 5.69 Å². The van der Waals surface area contributed by atoms with Gasteiger partial charge in [0.15, 0.2) is 18.2 Å². The van der Waals surface area contributed by atoms with E-state index in [2.05, 4.69) is 0 Å². The first-order valence-corrected chi connectivity index (χ1v) is 4.84. The van der Waals surface area contributed by atoms with Crippen LogP contribution in [-0.4, -0.2) is 18.6 Å². The van der Waals surface area contributed by atoms with E-state index in [1.807, 2.05) is 13.8 Å². The van der Waals surface area contributed by atoms with Gasteiger partial charge in [-0.1, -0.05) is 6.07 Å². The zero-order valence-electron chi connectivity index (χ0n) is 8.66. The Kier molecular flexibility index (Phi) is 2.34. The normalized spacial score (nSPS) is 15.2. The highest BCUT2D eigenvalue weighted by atomic mass is 19.1. The average molecular weight is 209 g/mol. The first-order valence-electron chi connectivity index (χ1n) is 4.84. The Morgan fingerprint density at radius 1 is 1.47 bits per heavy atom. The van der Waals surface area contributed by atoms with Gasteiger partial charge in [0, 0.05) is 6.04 Å². The van der Waals surface area contributed by atoms with E-state index in [1.165, 1.54) is 6.07 Å². The minimum Gasteiger partial charge on any atom is -0.478 e. The first-order chi connectivity index (χ1) is 7.11. The predicted molar refractivity (Wildman–Crippen MR) is 54.5 cm³/mol. The summed E-state index contributed by atoms with van der Waals surface area (Å²) >= 11 is 0. The Labute approximate surface area is 87.5 Å². The molecule has 4 heteroatoms. The zero-order valence-corrected chi connectivity index (χ0v) is 8.66. The third-order valence-electron chi connectivity index (χ3n) is 2.33. The van der Waals surface area contributed by atoms with E-state index in [4.69, 9.17) is 4.74 Å². The molecule has 80 valence electrons. The van der Waals surface area contributed by atoms with Crippen LogP contribution >= 0.6 is 0 Å². The van der Waals surface area contributed by atoms with Crippen molar-refractivity contribution < 1.29 is 13.9 Å². The van der Waals surface area contributed by atoms with Crippen molar-refractivity contribution in [2.24, 2.45) is 0 Å². The number of carbonyl (C=O) groups is 1. The molecule has 1 aromatic carbocycles. The maximum atomic E-state index is 13.4. The number of anilines is 1. The molecule has 1 heterocycles. The van der Waals surface area contributed by atoms with Crippen LogP contribution in [0.4, 0.5) is 10.1 Å². The number of fused-ring (bicyclic) bond motifs is 1. The Balaban J connectivity index is 2.53. The van der Waals surface area contributed by atoms with Crippen LogP contribution in [0.3, 0.4) is 0 Å². The van der Waals surface area contributed by atoms with Gasteiger partial charge in [-0.15, -0.1) is 0 Å². The molecule has 0 spiro atoms. The average Bonchev–Trinajstić information content (AvgIpc) is 2.17. The third-order valence-corrected chi connectivity index (χ3v) is 2.33. The fourth-order valence-electron chi connectivity index (χ4n) is 1.73. The second-order valence-corrected chi connectivity index (χ2v) is 3.73. The summed E-state index contributed by atoms with van der Waals surface area (Å²) in [6, 6.07) is 4.59. The summed E-state index contributed by atoms with van der Waals surface area (Å²) in [5.41, 5.74) is 0.515. The molecule has 0 radical (unpaired) electrons. The molecule has 0 saturated heterocycles. The molecular weight excluding hydrogens is 197 g/mol. The number of ether oxygens (including phenoxy) is 1. The van der Waals surface area contributed by atoms with Crippen molar-refractivity contribution in [2.75, 3.05) is 11.5 Å². The Bertz CT molecular complexity index is 404. The molecule has 1 aliphatic rings. The van der Waals surface area contributed by atoms with Crippen molar-refractivity contribution in [3.63, 3.8) is 0 Å². The number of rotatable bonds is 1. The van der Waals surface area contributed by atoms with Crippen LogP contribution in [0, 0.1) is 5.82 Å². The second-order valence-electron chi connectivity index (χ2n) is 3.73. The van der Waals surface area contributed by atoms with Gasteiger partial charge in [0.25, 0.3) is 5.91 Å². The van der Waals surface area contributed by atoms with Crippen molar-refractivity contribution in [1.29, 1.82) is 0 Å². The summed E-state index contributed by atoms with van der Waals surface area (Å²) in [5.74, 6) is -0.389. The first kappa shape index (κ1) is 9.96. The van der Waals surface area contributed by atoms with Crippen LogP contribution in [0.5, 0.6) is 5.75 Å². The van der Waals surface area contributed by atoms with Crippen LogP contribution in [0.2, 0.25) is 0 Å². The lowest BCUT2D eigenvalue weighted by Crippen LogP contribution is -2.43. The van der Waals surface area contributed by atoms with E-state index >= 15 is 0 Å². The summed E-state index contributed by atoms with van der Waals surface area (Å²) in [7, 11) is 0. The highest BCUT2D eigenvalue weighted by molar-refractivity contribution is 5.98. The molecule has 3 nitrogen and oxygen atoms in total. The lowest BCUT2D eigenvalue weighted by atomic mass is 10.2. The largest absolute Gasteiger partial charge is 0.478 e. The minimum absolute atomic E-state index is 0.00181. The van der Waals surface area contributed by atoms with Gasteiger partial charge in [0.2, 0.25) is 0 Å². The van der Waals surface area contributed by atoms with Crippen LogP contribution in [0.25, 0.3) is 0 Å². The summed E-state index contributed by atoms with van der Waals surface area (Å²) in [6.45, 7) is 3.68. The number of nitrogens with zero attached hydrogens (tertiary/aromatic N) is 1. The summed E-state index contributed by atoms with van der Waals surface area (Å²) in [5, 5.41) is 0. The molecule has 0 bridgehead atoms. The quantitative estimate of drug-likeness (QED) is 0.707. The number of hydrogen-bond acceptors (Lipinski definition) is 2. The van der Waals surface area contributed by atoms with Gasteiger partial charge < -0.3 is 9.64 Å². The lowest BCUT2D eigenvalue weighted by molar-refractivity contribution is -0.121. The summed E-state index contributed by atoms with van der Waals surface area (Å²) in [4.78, 5) is 13.1. The Morgan fingerprint density at radius 2 is 2.20 bits per heavy atom. The van der Waals surface area contributed by atoms with Crippen molar-refractivity contribution in [2.45, 2.75) is 19.9 Å². The second kappa shape index (κ2) is 3.53. The van der Waals surface area contributed by atoms with Crippen molar-refractivity contribution in [3.8, 4) is 5.75 Å². The number of amides is 1. The number of para-hydroxylation sites is 1. The maximum Gasteiger partial charge on any atom is 0.265 e. The van der Waals surface area contributed by atoms with Crippen LogP contribution < -0.4 is 9.64 Å². The molecule has 1 aliphatic heterocycles. The van der Waals surface area contributed by atoms with Crippen LogP contribution in [0.1, 0.15) is 13.8 Å². The minimum atomic E-state index is -0.425. The van der Waals surface area contributed by atoms with Gasteiger partial charge >= 0.3 is 0 Å². The highest BCUT2D eigenvalue weighted by Gasteiger charge is 2.29. The zero-order chi connectivity index (χ0) is 11.0. The van der Waals surface area contributed by atoms with Gasteiger partial charge in [0.1, 0.15) is 0 Å². The van der Waals surface area contributed by atoms with E-state index in [1.54, 1.807) is 17.0 Å². The smallest absolute Gasteiger partial charge is 0.265 e. The monoisotopic (exact) mass is 209 g/mol. The summed E-state index contributed by atoms with van der Waals surface area (Å²) in [6.07, 6.45) is 0. The molecule has 2 rings (SSSR count).